The Labute approximate surface area is 72.5 Å². The Morgan fingerprint density at radius 2 is 2.42 bits per heavy atom. The topological polar surface area (TPSA) is 64.3 Å². The molecule has 70 valence electrons. The van der Waals surface area contributed by atoms with Gasteiger partial charge in [0, 0.05) is 13.2 Å². The van der Waals surface area contributed by atoms with Gasteiger partial charge in [-0.25, -0.2) is 0 Å². The van der Waals surface area contributed by atoms with Gasteiger partial charge in [0.2, 0.25) is 5.91 Å². The molecular formula is C8H16N2O2. The minimum atomic E-state index is -0.309. The van der Waals surface area contributed by atoms with Crippen LogP contribution in [-0.4, -0.2) is 31.7 Å². The first-order valence-corrected chi connectivity index (χ1v) is 4.28. The molecule has 2 atom stereocenters. The number of hydrogen-bond acceptors (Lipinski definition) is 3. The molecule has 12 heavy (non-hydrogen) atoms. The van der Waals surface area contributed by atoms with E-state index in [0.717, 1.165) is 19.3 Å². The number of rotatable bonds is 4. The van der Waals surface area contributed by atoms with Gasteiger partial charge in [0.1, 0.15) is 0 Å². The van der Waals surface area contributed by atoms with Crippen LogP contribution in [0.2, 0.25) is 0 Å². The van der Waals surface area contributed by atoms with Gasteiger partial charge >= 0.3 is 0 Å². The van der Waals surface area contributed by atoms with Crippen LogP contribution in [0.3, 0.4) is 0 Å². The second-order valence-corrected chi connectivity index (χ2v) is 3.16. The molecule has 0 radical (unpaired) electrons. The largest absolute Gasteiger partial charge is 0.380 e. The average Bonchev–Trinajstić information content (AvgIpc) is 2.47. The highest BCUT2D eigenvalue weighted by molar-refractivity contribution is 5.75. The van der Waals surface area contributed by atoms with Gasteiger partial charge in [-0.15, -0.1) is 0 Å². The number of hydrogen-bond donors (Lipinski definition) is 2. The van der Waals surface area contributed by atoms with Gasteiger partial charge < -0.3 is 15.8 Å². The number of methoxy groups -OCH3 is 1. The van der Waals surface area contributed by atoms with Crippen molar-refractivity contribution in [1.82, 2.24) is 5.32 Å². The first kappa shape index (κ1) is 9.48. The molecule has 3 N–H and O–H groups in total. The van der Waals surface area contributed by atoms with Crippen molar-refractivity contribution in [3.8, 4) is 0 Å². The summed E-state index contributed by atoms with van der Waals surface area (Å²) in [6.45, 7) is 0.254. The average molecular weight is 172 g/mol. The van der Waals surface area contributed by atoms with Gasteiger partial charge in [0.25, 0.3) is 0 Å². The maximum atomic E-state index is 10.5. The van der Waals surface area contributed by atoms with Gasteiger partial charge in [0.15, 0.2) is 0 Å². The molecule has 0 saturated heterocycles. The fourth-order valence-corrected chi connectivity index (χ4v) is 1.67. The fraction of sp³-hybridized carbons (Fsp3) is 0.875. The highest BCUT2D eigenvalue weighted by Crippen LogP contribution is 2.20. The van der Waals surface area contributed by atoms with Gasteiger partial charge in [-0.2, -0.15) is 0 Å². The lowest BCUT2D eigenvalue weighted by Crippen LogP contribution is -2.41. The Kier molecular flexibility index (Phi) is 3.49. The second-order valence-electron chi connectivity index (χ2n) is 3.16. The summed E-state index contributed by atoms with van der Waals surface area (Å²) >= 11 is 0. The molecule has 0 aromatic rings. The molecule has 0 heterocycles. The van der Waals surface area contributed by atoms with E-state index in [1.165, 1.54) is 0 Å². The van der Waals surface area contributed by atoms with E-state index in [1.807, 2.05) is 0 Å². The first-order chi connectivity index (χ1) is 5.74. The minimum Gasteiger partial charge on any atom is -0.380 e. The number of amides is 1. The van der Waals surface area contributed by atoms with Gasteiger partial charge in [-0.1, -0.05) is 0 Å². The standard InChI is InChI=1S/C8H16N2O2/c1-12-7-4-2-3-6(7)10-5-8(9)11/h6-7,10H,2-5H2,1H3,(H2,9,11)/t6-,7-/m0/s1. The number of carbonyl (C=O) groups is 1. The zero-order chi connectivity index (χ0) is 8.97. The highest BCUT2D eigenvalue weighted by Gasteiger charge is 2.26. The Morgan fingerprint density at radius 3 is 3.00 bits per heavy atom. The van der Waals surface area contributed by atoms with Crippen molar-refractivity contribution < 1.29 is 9.53 Å². The van der Waals surface area contributed by atoms with Crippen LogP contribution in [0.4, 0.5) is 0 Å². The van der Waals surface area contributed by atoms with Crippen LogP contribution in [0, 0.1) is 0 Å². The van der Waals surface area contributed by atoms with Crippen molar-refractivity contribution >= 4 is 5.91 Å². The van der Waals surface area contributed by atoms with Crippen LogP contribution < -0.4 is 11.1 Å². The van der Waals surface area contributed by atoms with Gasteiger partial charge in [-0.3, -0.25) is 4.79 Å². The van der Waals surface area contributed by atoms with Crippen LogP contribution >= 0.6 is 0 Å². The molecule has 1 rings (SSSR count). The zero-order valence-corrected chi connectivity index (χ0v) is 7.38. The highest BCUT2D eigenvalue weighted by atomic mass is 16.5. The Bertz CT molecular complexity index is 161. The molecule has 0 spiro atoms. The van der Waals surface area contributed by atoms with Crippen LogP contribution in [-0.2, 0) is 9.53 Å². The summed E-state index contributed by atoms with van der Waals surface area (Å²) in [5.74, 6) is -0.309. The quantitative estimate of drug-likeness (QED) is 0.608. The van der Waals surface area contributed by atoms with Crippen LogP contribution in [0.15, 0.2) is 0 Å². The third-order valence-electron chi connectivity index (χ3n) is 2.29. The summed E-state index contributed by atoms with van der Waals surface area (Å²) in [5, 5.41) is 3.08. The molecule has 4 heteroatoms. The summed E-state index contributed by atoms with van der Waals surface area (Å²) in [6, 6.07) is 0.308. The second kappa shape index (κ2) is 4.42. The van der Waals surface area contributed by atoms with E-state index in [2.05, 4.69) is 5.32 Å². The lowest BCUT2D eigenvalue weighted by molar-refractivity contribution is -0.117. The number of carbonyl (C=O) groups excluding carboxylic acids is 1. The van der Waals surface area contributed by atoms with E-state index in [9.17, 15) is 4.79 Å². The van der Waals surface area contributed by atoms with Crippen LogP contribution in [0.1, 0.15) is 19.3 Å². The summed E-state index contributed by atoms with van der Waals surface area (Å²) in [4.78, 5) is 10.5. The van der Waals surface area contributed by atoms with Crippen molar-refractivity contribution in [3.05, 3.63) is 0 Å². The number of ether oxygens (including phenoxy) is 1. The van der Waals surface area contributed by atoms with Gasteiger partial charge in [0.05, 0.1) is 12.6 Å². The molecule has 0 aliphatic heterocycles. The summed E-state index contributed by atoms with van der Waals surface area (Å²) in [7, 11) is 1.70. The van der Waals surface area contributed by atoms with Gasteiger partial charge in [-0.05, 0) is 19.3 Å². The van der Waals surface area contributed by atoms with E-state index >= 15 is 0 Å². The molecule has 0 unspecified atom stereocenters. The normalized spacial score (nSPS) is 29.1. The van der Waals surface area contributed by atoms with Crippen molar-refractivity contribution in [2.75, 3.05) is 13.7 Å². The maximum absolute atomic E-state index is 10.5. The molecule has 4 nitrogen and oxygen atoms in total. The Balaban J connectivity index is 2.26. The molecule has 0 aromatic heterocycles. The summed E-state index contributed by atoms with van der Waals surface area (Å²) in [5.41, 5.74) is 5.02. The monoisotopic (exact) mass is 172 g/mol. The predicted molar refractivity (Wildman–Crippen MR) is 45.6 cm³/mol. The number of nitrogens with one attached hydrogen (secondary N) is 1. The summed E-state index contributed by atoms with van der Waals surface area (Å²) < 4.78 is 5.24. The molecular weight excluding hydrogens is 156 g/mol. The molecule has 1 aliphatic carbocycles. The Hall–Kier alpha value is -0.610. The van der Waals surface area contributed by atoms with Crippen LogP contribution in [0.5, 0.6) is 0 Å². The van der Waals surface area contributed by atoms with E-state index < -0.39 is 0 Å². The van der Waals surface area contributed by atoms with E-state index in [1.54, 1.807) is 7.11 Å². The maximum Gasteiger partial charge on any atom is 0.231 e. The first-order valence-electron chi connectivity index (χ1n) is 4.28. The third-order valence-corrected chi connectivity index (χ3v) is 2.29. The lowest BCUT2D eigenvalue weighted by atomic mass is 10.2. The third kappa shape index (κ3) is 2.46. The smallest absolute Gasteiger partial charge is 0.231 e. The number of nitrogens with two attached hydrogens (primary N) is 1. The van der Waals surface area contributed by atoms with Crippen molar-refractivity contribution in [3.63, 3.8) is 0 Å². The van der Waals surface area contributed by atoms with E-state index in [-0.39, 0.29) is 18.6 Å². The lowest BCUT2D eigenvalue weighted by Gasteiger charge is -2.18. The molecule has 1 saturated carbocycles. The van der Waals surface area contributed by atoms with E-state index in [4.69, 9.17) is 10.5 Å². The Morgan fingerprint density at radius 1 is 1.67 bits per heavy atom. The predicted octanol–water partition coefficient (Wildman–Crippen LogP) is -0.371. The molecule has 1 aliphatic rings. The number of primary amides is 1. The molecule has 0 aromatic carbocycles. The van der Waals surface area contributed by atoms with E-state index in [0.29, 0.717) is 6.04 Å². The van der Waals surface area contributed by atoms with Crippen molar-refractivity contribution in [2.24, 2.45) is 5.73 Å². The fourth-order valence-electron chi connectivity index (χ4n) is 1.67. The molecule has 0 bridgehead atoms. The molecule has 1 fully saturated rings. The van der Waals surface area contributed by atoms with Crippen molar-refractivity contribution in [1.29, 1.82) is 0 Å². The SMILES string of the molecule is CO[C@H]1CCC[C@@H]1NCC(N)=O. The summed E-state index contributed by atoms with van der Waals surface area (Å²) in [6.07, 6.45) is 3.57. The van der Waals surface area contributed by atoms with Crippen LogP contribution in [0.25, 0.3) is 0 Å². The van der Waals surface area contributed by atoms with Crippen molar-refractivity contribution in [2.45, 2.75) is 31.4 Å². The zero-order valence-electron chi connectivity index (χ0n) is 7.38. The minimum absolute atomic E-state index is 0.254. The molecule has 1 amide bonds.